The molecule has 4 N–H and O–H groups in total. The van der Waals surface area contributed by atoms with Crippen molar-refractivity contribution < 1.29 is 10.2 Å². The summed E-state index contributed by atoms with van der Waals surface area (Å²) in [6.07, 6.45) is 7.33. The minimum absolute atomic E-state index is 0.130. The molecule has 0 saturated heterocycles. The molecule has 1 aromatic carbocycles. The predicted octanol–water partition coefficient (Wildman–Crippen LogP) is 3.00. The van der Waals surface area contributed by atoms with Crippen LogP contribution in [0.25, 0.3) is 11.0 Å². The van der Waals surface area contributed by atoms with Crippen LogP contribution in [0.2, 0.25) is 0 Å². The molecule has 176 valence electrons. The lowest BCUT2D eigenvalue weighted by Gasteiger charge is -2.37. The third-order valence-corrected chi connectivity index (χ3v) is 7.71. The molecule has 7 heteroatoms. The van der Waals surface area contributed by atoms with Crippen molar-refractivity contribution in [1.82, 2.24) is 19.9 Å². The first-order valence-electron chi connectivity index (χ1n) is 12.2. The maximum absolute atomic E-state index is 10.8. The van der Waals surface area contributed by atoms with Crippen LogP contribution in [0.15, 0.2) is 48.9 Å². The minimum Gasteiger partial charge on any atom is -0.390 e. The Balaban J connectivity index is 1.10. The van der Waals surface area contributed by atoms with E-state index in [1.807, 2.05) is 23.9 Å². The van der Waals surface area contributed by atoms with Gasteiger partial charge in [0.05, 0.1) is 17.5 Å². The second-order valence-corrected chi connectivity index (χ2v) is 9.86. The average Bonchev–Trinajstić information content (AvgIpc) is 3.36. The second kappa shape index (κ2) is 9.79. The van der Waals surface area contributed by atoms with Gasteiger partial charge in [0.1, 0.15) is 23.9 Å². The Morgan fingerprint density at radius 3 is 2.61 bits per heavy atom. The highest BCUT2D eigenvalue weighted by Crippen LogP contribution is 2.45. The van der Waals surface area contributed by atoms with E-state index in [9.17, 15) is 10.2 Å². The zero-order valence-corrected chi connectivity index (χ0v) is 19.3. The Morgan fingerprint density at radius 1 is 1.00 bits per heavy atom. The van der Waals surface area contributed by atoms with Crippen molar-refractivity contribution in [3.05, 3.63) is 54.5 Å². The number of hydrogen-bond donors (Lipinski definition) is 4. The highest BCUT2D eigenvalue weighted by atomic mass is 16.3. The molecular weight excluding hydrogens is 414 g/mol. The van der Waals surface area contributed by atoms with Gasteiger partial charge >= 0.3 is 0 Å². The van der Waals surface area contributed by atoms with Gasteiger partial charge in [0.2, 0.25) is 0 Å². The molecule has 0 unspecified atom stereocenters. The first kappa shape index (κ1) is 22.3. The van der Waals surface area contributed by atoms with Gasteiger partial charge in [-0.2, -0.15) is 0 Å². The first-order chi connectivity index (χ1) is 16.1. The number of nitrogens with zero attached hydrogens (tertiary/aromatic N) is 3. The molecule has 7 nitrogen and oxygen atoms in total. The molecule has 2 fully saturated rings. The molecule has 0 amide bonds. The monoisotopic (exact) mass is 449 g/mol. The molecule has 0 radical (unpaired) electrons. The van der Waals surface area contributed by atoms with E-state index in [4.69, 9.17) is 0 Å². The maximum atomic E-state index is 10.8. The van der Waals surface area contributed by atoms with Gasteiger partial charge in [-0.25, -0.2) is 9.97 Å². The number of aliphatic hydroxyl groups excluding tert-OH is 2. The van der Waals surface area contributed by atoms with Crippen LogP contribution in [0.3, 0.4) is 0 Å². The lowest BCUT2D eigenvalue weighted by molar-refractivity contribution is -0.00237. The van der Waals surface area contributed by atoms with Crippen molar-refractivity contribution >= 4 is 16.9 Å². The smallest absolute Gasteiger partial charge is 0.145 e. The van der Waals surface area contributed by atoms with E-state index in [0.717, 1.165) is 55.1 Å². The Kier molecular flexibility index (Phi) is 6.62. The SMILES string of the molecule is CNc1ncnc2c1ccn2[C@@H]1C[C@H](CC2CC(CNCCc3ccccc3)C2)[C@@H](O)[C@H]1O. The van der Waals surface area contributed by atoms with Gasteiger partial charge in [0.25, 0.3) is 0 Å². The fourth-order valence-corrected chi connectivity index (χ4v) is 5.89. The summed E-state index contributed by atoms with van der Waals surface area (Å²) in [6.45, 7) is 2.09. The van der Waals surface area contributed by atoms with Crippen molar-refractivity contribution in [2.24, 2.45) is 17.8 Å². The number of rotatable bonds is 9. The summed E-state index contributed by atoms with van der Waals surface area (Å²) >= 11 is 0. The zero-order chi connectivity index (χ0) is 22.8. The van der Waals surface area contributed by atoms with E-state index < -0.39 is 12.2 Å². The standard InChI is InChI=1S/C26H35N5O2/c1-27-25-21-8-10-31(26(21)30-16-29-25)22-14-20(23(32)24(22)33)13-18-11-19(12-18)15-28-9-7-17-5-3-2-4-6-17/h2-6,8,10,16,18-20,22-24,28,32-33H,7,9,11-15H2,1H3,(H,27,29,30)/t18?,19?,20-,22+,23+,24-/m0/s1. The Bertz CT molecular complexity index is 1050. The predicted molar refractivity (Wildman–Crippen MR) is 130 cm³/mol. The zero-order valence-electron chi connectivity index (χ0n) is 19.3. The summed E-state index contributed by atoms with van der Waals surface area (Å²) in [7, 11) is 1.84. The third kappa shape index (κ3) is 4.63. The van der Waals surface area contributed by atoms with Crippen LogP contribution >= 0.6 is 0 Å². The van der Waals surface area contributed by atoms with Gasteiger partial charge in [0, 0.05) is 13.2 Å². The molecular formula is C26H35N5O2. The summed E-state index contributed by atoms with van der Waals surface area (Å²) in [5, 5.41) is 29.3. The normalized spacial score (nSPS) is 29.3. The van der Waals surface area contributed by atoms with Crippen LogP contribution in [0.4, 0.5) is 5.82 Å². The highest BCUT2D eigenvalue weighted by Gasteiger charge is 2.44. The Hall–Kier alpha value is -2.48. The van der Waals surface area contributed by atoms with Crippen LogP contribution < -0.4 is 10.6 Å². The number of aromatic nitrogens is 3. The average molecular weight is 450 g/mol. The van der Waals surface area contributed by atoms with E-state index in [1.54, 1.807) is 6.33 Å². The number of aliphatic hydroxyl groups is 2. The molecule has 0 bridgehead atoms. The van der Waals surface area contributed by atoms with E-state index in [1.165, 1.54) is 18.4 Å². The lowest BCUT2D eigenvalue weighted by atomic mass is 9.70. The van der Waals surface area contributed by atoms with Crippen molar-refractivity contribution in [3.63, 3.8) is 0 Å². The van der Waals surface area contributed by atoms with Crippen LogP contribution in [0, 0.1) is 17.8 Å². The molecule has 0 spiro atoms. The van der Waals surface area contributed by atoms with Crippen molar-refractivity contribution in [1.29, 1.82) is 0 Å². The quantitative estimate of drug-likeness (QED) is 0.375. The fourth-order valence-electron chi connectivity index (χ4n) is 5.89. The summed E-state index contributed by atoms with van der Waals surface area (Å²) in [6, 6.07) is 12.4. The molecule has 2 aromatic heterocycles. The molecule has 3 aromatic rings. The Morgan fingerprint density at radius 2 is 1.82 bits per heavy atom. The van der Waals surface area contributed by atoms with Gasteiger partial charge < -0.3 is 25.4 Å². The molecule has 2 aliphatic carbocycles. The van der Waals surface area contributed by atoms with Crippen molar-refractivity contribution in [2.75, 3.05) is 25.5 Å². The summed E-state index contributed by atoms with van der Waals surface area (Å²) in [5.74, 6) is 2.29. The lowest BCUT2D eigenvalue weighted by Crippen LogP contribution is -2.36. The molecule has 2 aliphatic rings. The maximum Gasteiger partial charge on any atom is 0.145 e. The van der Waals surface area contributed by atoms with E-state index >= 15 is 0 Å². The summed E-state index contributed by atoms with van der Waals surface area (Å²) < 4.78 is 2.02. The second-order valence-electron chi connectivity index (χ2n) is 9.86. The van der Waals surface area contributed by atoms with Crippen LogP contribution in [-0.2, 0) is 6.42 Å². The van der Waals surface area contributed by atoms with Gasteiger partial charge in [-0.05, 0) is 74.6 Å². The number of nitrogens with one attached hydrogen (secondary N) is 2. The largest absolute Gasteiger partial charge is 0.390 e. The third-order valence-electron chi connectivity index (χ3n) is 7.71. The molecule has 2 saturated carbocycles. The first-order valence-corrected chi connectivity index (χ1v) is 12.2. The van der Waals surface area contributed by atoms with Crippen LogP contribution in [0.1, 0.15) is 37.3 Å². The Labute approximate surface area is 195 Å². The summed E-state index contributed by atoms with van der Waals surface area (Å²) in [4.78, 5) is 8.71. The highest BCUT2D eigenvalue weighted by molar-refractivity contribution is 5.87. The molecule has 5 rings (SSSR count). The van der Waals surface area contributed by atoms with E-state index in [2.05, 4.69) is 50.9 Å². The van der Waals surface area contributed by atoms with E-state index in [0.29, 0.717) is 5.92 Å². The molecule has 0 aliphatic heterocycles. The minimum atomic E-state index is -0.769. The molecule has 4 atom stereocenters. The van der Waals surface area contributed by atoms with Crippen molar-refractivity contribution in [2.45, 2.75) is 50.4 Å². The molecule has 2 heterocycles. The number of hydrogen-bond acceptors (Lipinski definition) is 6. The summed E-state index contributed by atoms with van der Waals surface area (Å²) in [5.41, 5.74) is 2.18. The topological polar surface area (TPSA) is 95.2 Å². The van der Waals surface area contributed by atoms with Crippen LogP contribution in [-0.4, -0.2) is 57.1 Å². The van der Waals surface area contributed by atoms with Gasteiger partial charge in [-0.3, -0.25) is 0 Å². The molecule has 33 heavy (non-hydrogen) atoms. The number of anilines is 1. The number of fused-ring (bicyclic) bond motifs is 1. The van der Waals surface area contributed by atoms with Crippen molar-refractivity contribution in [3.8, 4) is 0 Å². The van der Waals surface area contributed by atoms with E-state index in [-0.39, 0.29) is 12.0 Å². The van der Waals surface area contributed by atoms with Gasteiger partial charge in [0.15, 0.2) is 0 Å². The number of benzene rings is 1. The van der Waals surface area contributed by atoms with Crippen LogP contribution in [0.5, 0.6) is 0 Å². The van der Waals surface area contributed by atoms with Gasteiger partial charge in [-0.15, -0.1) is 0 Å². The van der Waals surface area contributed by atoms with Gasteiger partial charge in [-0.1, -0.05) is 30.3 Å². The fraction of sp³-hybridized carbons (Fsp3) is 0.538.